The molecule has 3 nitrogen and oxygen atoms in total. The van der Waals surface area contributed by atoms with Gasteiger partial charge in [-0.15, -0.1) is 11.3 Å². The number of thiophene rings is 1. The van der Waals surface area contributed by atoms with Crippen LogP contribution in [0.1, 0.15) is 12.8 Å². The highest BCUT2D eigenvalue weighted by Gasteiger charge is 2.03. The summed E-state index contributed by atoms with van der Waals surface area (Å²) in [6.45, 7) is 0.0571. The van der Waals surface area contributed by atoms with Crippen molar-refractivity contribution in [3.05, 3.63) is 15.9 Å². The third-order valence-electron chi connectivity index (χ3n) is 1.39. The van der Waals surface area contributed by atoms with Gasteiger partial charge in [-0.05, 0) is 28.4 Å². The second kappa shape index (κ2) is 5.36. The van der Waals surface area contributed by atoms with E-state index in [-0.39, 0.29) is 12.5 Å². The Labute approximate surface area is 88.9 Å². The summed E-state index contributed by atoms with van der Waals surface area (Å²) in [6, 6.07) is 1.85. The van der Waals surface area contributed by atoms with Gasteiger partial charge in [-0.1, -0.05) is 0 Å². The first kappa shape index (κ1) is 10.7. The third-order valence-corrected chi connectivity index (χ3v) is 3.00. The van der Waals surface area contributed by atoms with Crippen molar-refractivity contribution in [2.24, 2.45) is 0 Å². The van der Waals surface area contributed by atoms with Gasteiger partial charge in [-0.25, -0.2) is 0 Å². The summed E-state index contributed by atoms with van der Waals surface area (Å²) in [5.74, 6) is -0.0524. The summed E-state index contributed by atoms with van der Waals surface area (Å²) >= 11 is 4.76. The number of aliphatic hydroxyl groups excluding tert-OH is 1. The van der Waals surface area contributed by atoms with E-state index >= 15 is 0 Å². The van der Waals surface area contributed by atoms with Crippen molar-refractivity contribution in [3.8, 4) is 0 Å². The van der Waals surface area contributed by atoms with Gasteiger partial charge in [0.25, 0.3) is 0 Å². The fourth-order valence-electron chi connectivity index (χ4n) is 0.818. The molecule has 0 radical (unpaired) electrons. The Balaban J connectivity index is 2.36. The Morgan fingerprint density at radius 2 is 2.46 bits per heavy atom. The van der Waals surface area contributed by atoms with Crippen molar-refractivity contribution in [1.82, 2.24) is 0 Å². The molecule has 0 atom stereocenters. The Hall–Kier alpha value is -0.390. The maximum atomic E-state index is 11.1. The zero-order valence-electron chi connectivity index (χ0n) is 6.92. The molecule has 1 aromatic heterocycles. The predicted molar refractivity (Wildman–Crippen MR) is 57.0 cm³/mol. The van der Waals surface area contributed by atoms with E-state index in [1.165, 1.54) is 11.3 Å². The van der Waals surface area contributed by atoms with E-state index in [9.17, 15) is 4.79 Å². The van der Waals surface area contributed by atoms with Gasteiger partial charge in [0, 0.05) is 22.9 Å². The van der Waals surface area contributed by atoms with Gasteiger partial charge in [0.1, 0.15) is 0 Å². The molecule has 1 heterocycles. The van der Waals surface area contributed by atoms with E-state index in [0.717, 1.165) is 9.47 Å². The van der Waals surface area contributed by atoms with E-state index in [1.54, 1.807) is 0 Å². The average molecular weight is 264 g/mol. The zero-order valence-corrected chi connectivity index (χ0v) is 9.32. The number of halogens is 1. The third kappa shape index (κ3) is 3.89. The van der Waals surface area contributed by atoms with Crippen molar-refractivity contribution in [3.63, 3.8) is 0 Å². The van der Waals surface area contributed by atoms with Crippen LogP contribution in [0, 0.1) is 0 Å². The van der Waals surface area contributed by atoms with Crippen molar-refractivity contribution >= 4 is 38.2 Å². The van der Waals surface area contributed by atoms with Crippen LogP contribution < -0.4 is 5.32 Å². The van der Waals surface area contributed by atoms with Gasteiger partial charge in [0.05, 0.1) is 5.00 Å². The van der Waals surface area contributed by atoms with Crippen molar-refractivity contribution in [1.29, 1.82) is 0 Å². The first-order valence-corrected chi connectivity index (χ1v) is 5.54. The number of carbonyl (C=O) groups is 1. The molecule has 5 heteroatoms. The molecule has 1 aromatic rings. The van der Waals surface area contributed by atoms with Crippen LogP contribution in [0.15, 0.2) is 15.9 Å². The summed E-state index contributed by atoms with van der Waals surface area (Å²) in [5.41, 5.74) is 0. The minimum absolute atomic E-state index is 0.0524. The molecule has 2 N–H and O–H groups in total. The molecule has 0 unspecified atom stereocenters. The molecule has 72 valence electrons. The minimum Gasteiger partial charge on any atom is -0.396 e. The lowest BCUT2D eigenvalue weighted by molar-refractivity contribution is -0.116. The average Bonchev–Trinajstić information content (AvgIpc) is 2.48. The zero-order chi connectivity index (χ0) is 9.68. The quantitative estimate of drug-likeness (QED) is 0.876. The number of anilines is 1. The molecule has 0 fully saturated rings. The van der Waals surface area contributed by atoms with Crippen LogP contribution >= 0.6 is 27.3 Å². The summed E-state index contributed by atoms with van der Waals surface area (Å²) in [5, 5.41) is 14.0. The van der Waals surface area contributed by atoms with Crippen molar-refractivity contribution in [2.75, 3.05) is 11.9 Å². The summed E-state index contributed by atoms with van der Waals surface area (Å²) in [6.07, 6.45) is 0.879. The van der Waals surface area contributed by atoms with Gasteiger partial charge in [0.2, 0.25) is 5.91 Å². The highest BCUT2D eigenvalue weighted by Crippen LogP contribution is 2.24. The van der Waals surface area contributed by atoms with Crippen LogP contribution in [0.4, 0.5) is 5.00 Å². The van der Waals surface area contributed by atoms with Crippen molar-refractivity contribution < 1.29 is 9.90 Å². The highest BCUT2D eigenvalue weighted by atomic mass is 79.9. The van der Waals surface area contributed by atoms with Crippen LogP contribution in [0.2, 0.25) is 0 Å². The molecule has 0 saturated carbocycles. The fraction of sp³-hybridized carbons (Fsp3) is 0.375. The lowest BCUT2D eigenvalue weighted by atomic mass is 10.3. The van der Waals surface area contributed by atoms with Gasteiger partial charge in [-0.3, -0.25) is 4.79 Å². The number of nitrogens with one attached hydrogen (secondary N) is 1. The van der Waals surface area contributed by atoms with Crippen LogP contribution in [-0.4, -0.2) is 17.6 Å². The van der Waals surface area contributed by atoms with Gasteiger partial charge in [0.15, 0.2) is 0 Å². The molecule has 0 saturated heterocycles. The van der Waals surface area contributed by atoms with E-state index in [0.29, 0.717) is 12.8 Å². The molecule has 0 aliphatic carbocycles. The van der Waals surface area contributed by atoms with Crippen LogP contribution in [0.3, 0.4) is 0 Å². The molecule has 13 heavy (non-hydrogen) atoms. The van der Waals surface area contributed by atoms with Crippen molar-refractivity contribution in [2.45, 2.75) is 12.8 Å². The fourth-order valence-corrected chi connectivity index (χ4v) is 2.15. The smallest absolute Gasteiger partial charge is 0.225 e. The van der Waals surface area contributed by atoms with E-state index < -0.39 is 0 Å². The number of hydrogen-bond acceptors (Lipinski definition) is 3. The molecular formula is C8H10BrNO2S. The van der Waals surface area contributed by atoms with E-state index in [1.807, 2.05) is 11.4 Å². The number of carbonyl (C=O) groups excluding carboxylic acids is 1. The first-order chi connectivity index (χ1) is 6.22. The molecule has 0 aliphatic heterocycles. The topological polar surface area (TPSA) is 49.3 Å². The Morgan fingerprint density at radius 3 is 3.00 bits per heavy atom. The van der Waals surface area contributed by atoms with Gasteiger partial charge in [-0.2, -0.15) is 0 Å². The summed E-state index contributed by atoms with van der Waals surface area (Å²) in [4.78, 5) is 11.1. The Bertz CT molecular complexity index is 287. The summed E-state index contributed by atoms with van der Waals surface area (Å²) in [7, 11) is 0. The second-order valence-electron chi connectivity index (χ2n) is 2.50. The first-order valence-electron chi connectivity index (χ1n) is 3.87. The molecule has 1 amide bonds. The lowest BCUT2D eigenvalue weighted by Gasteiger charge is -1.99. The highest BCUT2D eigenvalue weighted by molar-refractivity contribution is 9.10. The number of aliphatic hydroxyl groups is 1. The van der Waals surface area contributed by atoms with Gasteiger partial charge >= 0.3 is 0 Å². The lowest BCUT2D eigenvalue weighted by Crippen LogP contribution is -2.10. The molecule has 0 bridgehead atoms. The maximum absolute atomic E-state index is 11.1. The Morgan fingerprint density at radius 1 is 1.69 bits per heavy atom. The molecule has 0 aromatic carbocycles. The normalized spacial score (nSPS) is 10.0. The molecule has 0 spiro atoms. The number of rotatable bonds is 4. The molecular weight excluding hydrogens is 254 g/mol. The number of amides is 1. The SMILES string of the molecule is O=C(CCCO)Nc1cc(Br)cs1. The monoisotopic (exact) mass is 263 g/mol. The standard InChI is InChI=1S/C8H10BrNO2S/c9-6-4-8(13-5-6)10-7(12)2-1-3-11/h4-5,11H,1-3H2,(H,10,12). The molecule has 1 rings (SSSR count). The molecule has 0 aliphatic rings. The second-order valence-corrected chi connectivity index (χ2v) is 4.33. The largest absolute Gasteiger partial charge is 0.396 e. The number of hydrogen-bond donors (Lipinski definition) is 2. The maximum Gasteiger partial charge on any atom is 0.225 e. The van der Waals surface area contributed by atoms with Crippen LogP contribution in [0.5, 0.6) is 0 Å². The van der Waals surface area contributed by atoms with Gasteiger partial charge < -0.3 is 10.4 Å². The Kier molecular flexibility index (Phi) is 4.41. The van der Waals surface area contributed by atoms with Crippen LogP contribution in [0.25, 0.3) is 0 Å². The van der Waals surface area contributed by atoms with E-state index in [4.69, 9.17) is 5.11 Å². The minimum atomic E-state index is -0.0524. The predicted octanol–water partition coefficient (Wildman–Crippen LogP) is 2.22. The summed E-state index contributed by atoms with van der Waals surface area (Å²) < 4.78 is 0.968. The van der Waals surface area contributed by atoms with E-state index in [2.05, 4.69) is 21.2 Å². The van der Waals surface area contributed by atoms with Crippen LogP contribution in [-0.2, 0) is 4.79 Å².